The molecule has 0 aliphatic carbocycles. The molecule has 0 saturated heterocycles. The van der Waals surface area contributed by atoms with Crippen LogP contribution in [0.25, 0.3) is 0 Å². The molecular weight excluding hydrogens is 224 g/mol. The summed E-state index contributed by atoms with van der Waals surface area (Å²) in [4.78, 5) is 22.0. The van der Waals surface area contributed by atoms with Crippen molar-refractivity contribution in [1.82, 2.24) is 9.78 Å². The van der Waals surface area contributed by atoms with Crippen LogP contribution in [0.3, 0.4) is 0 Å². The van der Waals surface area contributed by atoms with E-state index < -0.39 is 11.9 Å². The summed E-state index contributed by atoms with van der Waals surface area (Å²) in [6.07, 6.45) is 0. The Kier molecular flexibility index (Phi) is 3.31. The third-order valence-electron chi connectivity index (χ3n) is 1.66. The molecule has 0 amide bonds. The van der Waals surface area contributed by atoms with Crippen LogP contribution in [0, 0.1) is 0 Å². The predicted molar refractivity (Wildman–Crippen MR) is 51.1 cm³/mol. The quantitative estimate of drug-likeness (QED) is 0.785. The lowest BCUT2D eigenvalue weighted by molar-refractivity contribution is 0.0518. The minimum Gasteiger partial charge on any atom is -0.476 e. The summed E-state index contributed by atoms with van der Waals surface area (Å²) in [6, 6.07) is 0. The molecule has 0 bridgehead atoms. The van der Waals surface area contributed by atoms with Crippen molar-refractivity contribution < 1.29 is 19.4 Å². The molecule has 15 heavy (non-hydrogen) atoms. The van der Waals surface area contributed by atoms with Gasteiger partial charge in [-0.3, -0.25) is 4.68 Å². The van der Waals surface area contributed by atoms with Crippen LogP contribution in [0.15, 0.2) is 0 Å². The van der Waals surface area contributed by atoms with Gasteiger partial charge in [-0.1, -0.05) is 11.6 Å². The second-order valence-corrected chi connectivity index (χ2v) is 3.04. The summed E-state index contributed by atoms with van der Waals surface area (Å²) < 4.78 is 5.69. The molecule has 0 aliphatic rings. The van der Waals surface area contributed by atoms with Crippen molar-refractivity contribution in [2.24, 2.45) is 7.05 Å². The Morgan fingerprint density at radius 1 is 1.60 bits per heavy atom. The molecule has 0 fully saturated rings. The molecule has 1 heterocycles. The Labute approximate surface area is 90.4 Å². The van der Waals surface area contributed by atoms with Crippen molar-refractivity contribution in [3.05, 3.63) is 16.4 Å². The molecule has 0 radical (unpaired) electrons. The fourth-order valence-electron chi connectivity index (χ4n) is 1.06. The first kappa shape index (κ1) is 11.5. The van der Waals surface area contributed by atoms with E-state index in [9.17, 15) is 9.59 Å². The highest BCUT2D eigenvalue weighted by atomic mass is 35.5. The maximum Gasteiger partial charge on any atom is 0.360 e. The molecule has 0 atom stereocenters. The Morgan fingerprint density at radius 2 is 2.20 bits per heavy atom. The molecule has 0 unspecified atom stereocenters. The van der Waals surface area contributed by atoms with E-state index in [1.54, 1.807) is 6.92 Å². The third-order valence-corrected chi connectivity index (χ3v) is 2.02. The highest BCUT2D eigenvalue weighted by Crippen LogP contribution is 2.20. The molecule has 0 aromatic carbocycles. The second kappa shape index (κ2) is 4.31. The van der Waals surface area contributed by atoms with Crippen molar-refractivity contribution in [2.75, 3.05) is 6.61 Å². The molecule has 1 aromatic heterocycles. The minimum atomic E-state index is -1.24. The third kappa shape index (κ3) is 2.10. The largest absolute Gasteiger partial charge is 0.476 e. The number of halogens is 1. The van der Waals surface area contributed by atoms with E-state index in [-0.39, 0.29) is 23.0 Å². The van der Waals surface area contributed by atoms with Crippen molar-refractivity contribution in [2.45, 2.75) is 6.92 Å². The number of carboxylic acids is 1. The summed E-state index contributed by atoms with van der Waals surface area (Å²) in [7, 11) is 1.39. The average molecular weight is 233 g/mol. The Morgan fingerprint density at radius 3 is 2.60 bits per heavy atom. The molecule has 0 aliphatic heterocycles. The van der Waals surface area contributed by atoms with E-state index in [1.165, 1.54) is 7.05 Å². The van der Waals surface area contributed by atoms with Gasteiger partial charge in [-0.05, 0) is 6.92 Å². The number of carboxylic acid groups (broad SMARTS) is 1. The van der Waals surface area contributed by atoms with Crippen molar-refractivity contribution in [1.29, 1.82) is 0 Å². The first-order chi connectivity index (χ1) is 6.99. The topological polar surface area (TPSA) is 81.4 Å². The molecule has 1 aromatic rings. The summed E-state index contributed by atoms with van der Waals surface area (Å²) in [5.41, 5.74) is -0.418. The number of carbonyl (C=O) groups is 2. The van der Waals surface area contributed by atoms with Gasteiger partial charge in [0.2, 0.25) is 0 Å². The van der Waals surface area contributed by atoms with Crippen LogP contribution < -0.4 is 0 Å². The zero-order valence-corrected chi connectivity index (χ0v) is 8.91. The van der Waals surface area contributed by atoms with Gasteiger partial charge < -0.3 is 9.84 Å². The van der Waals surface area contributed by atoms with E-state index in [4.69, 9.17) is 16.7 Å². The van der Waals surface area contributed by atoms with Crippen molar-refractivity contribution in [3.63, 3.8) is 0 Å². The number of ether oxygens (including phenoxy) is 1. The number of carbonyl (C=O) groups excluding carboxylic acids is 1. The van der Waals surface area contributed by atoms with E-state index in [2.05, 4.69) is 9.84 Å². The van der Waals surface area contributed by atoms with Crippen molar-refractivity contribution >= 4 is 23.5 Å². The molecule has 0 spiro atoms. The van der Waals surface area contributed by atoms with E-state index in [0.717, 1.165) is 4.68 Å². The van der Waals surface area contributed by atoms with E-state index >= 15 is 0 Å². The monoisotopic (exact) mass is 232 g/mol. The number of nitrogens with zero attached hydrogens (tertiary/aromatic N) is 2. The molecule has 1 rings (SSSR count). The van der Waals surface area contributed by atoms with Crippen molar-refractivity contribution in [3.8, 4) is 0 Å². The first-order valence-electron chi connectivity index (χ1n) is 4.12. The number of hydrogen-bond acceptors (Lipinski definition) is 4. The molecular formula is C8H9ClN2O4. The number of hydrogen-bond donors (Lipinski definition) is 1. The lowest BCUT2D eigenvalue weighted by Gasteiger charge is -1.96. The number of esters is 1. The van der Waals surface area contributed by atoms with Gasteiger partial charge in [0.05, 0.1) is 6.61 Å². The number of rotatable bonds is 3. The maximum atomic E-state index is 11.3. The molecule has 6 nitrogen and oxygen atoms in total. The van der Waals surface area contributed by atoms with Gasteiger partial charge in [0.25, 0.3) is 0 Å². The minimum absolute atomic E-state index is 0.175. The van der Waals surface area contributed by atoms with Crippen LogP contribution in [-0.2, 0) is 11.8 Å². The normalized spacial score (nSPS) is 10.1. The van der Waals surface area contributed by atoms with Gasteiger partial charge in [0.15, 0.2) is 11.4 Å². The van der Waals surface area contributed by atoms with Gasteiger partial charge in [0.1, 0.15) is 5.02 Å². The fourth-order valence-corrected chi connectivity index (χ4v) is 1.38. The van der Waals surface area contributed by atoms with E-state index in [1.807, 2.05) is 0 Å². The molecule has 1 N–H and O–H groups in total. The summed E-state index contributed by atoms with van der Waals surface area (Å²) in [5.74, 6) is -1.98. The van der Waals surface area contributed by atoms with Gasteiger partial charge >= 0.3 is 11.9 Å². The lowest BCUT2D eigenvalue weighted by Crippen LogP contribution is -2.06. The predicted octanol–water partition coefficient (Wildman–Crippen LogP) is 0.948. The Hall–Kier alpha value is -1.56. The van der Waals surface area contributed by atoms with Crippen LogP contribution in [0.2, 0.25) is 5.02 Å². The highest BCUT2D eigenvalue weighted by Gasteiger charge is 2.25. The number of aromatic carboxylic acids is 1. The van der Waals surface area contributed by atoms with Gasteiger partial charge in [0, 0.05) is 7.05 Å². The van der Waals surface area contributed by atoms with Gasteiger partial charge in [-0.15, -0.1) is 0 Å². The summed E-state index contributed by atoms with van der Waals surface area (Å²) >= 11 is 5.69. The number of aromatic nitrogens is 2. The van der Waals surface area contributed by atoms with Gasteiger partial charge in [-0.25, -0.2) is 9.59 Å². The second-order valence-electron chi connectivity index (χ2n) is 2.66. The van der Waals surface area contributed by atoms with Crippen LogP contribution in [-0.4, -0.2) is 33.4 Å². The smallest absolute Gasteiger partial charge is 0.360 e. The number of aryl methyl sites for hydroxylation is 1. The molecule has 82 valence electrons. The SMILES string of the molecule is CCOC(=O)c1nn(C)c(C(=O)O)c1Cl. The Bertz CT molecular complexity index is 413. The zero-order valence-electron chi connectivity index (χ0n) is 8.15. The van der Waals surface area contributed by atoms with Crippen LogP contribution in [0.4, 0.5) is 0 Å². The molecule has 0 saturated carbocycles. The zero-order chi connectivity index (χ0) is 11.6. The van der Waals surface area contributed by atoms with E-state index in [0.29, 0.717) is 0 Å². The Balaban J connectivity index is 3.17. The van der Waals surface area contributed by atoms with Crippen LogP contribution in [0.1, 0.15) is 27.9 Å². The average Bonchev–Trinajstić information content (AvgIpc) is 2.42. The summed E-state index contributed by atoms with van der Waals surface area (Å²) in [6.45, 7) is 1.81. The maximum absolute atomic E-state index is 11.3. The summed E-state index contributed by atoms with van der Waals surface area (Å²) in [5, 5.41) is 12.2. The first-order valence-corrected chi connectivity index (χ1v) is 4.49. The lowest BCUT2D eigenvalue weighted by atomic mass is 10.3. The van der Waals surface area contributed by atoms with Crippen LogP contribution in [0.5, 0.6) is 0 Å². The van der Waals surface area contributed by atoms with Crippen LogP contribution >= 0.6 is 11.6 Å². The highest BCUT2D eigenvalue weighted by molar-refractivity contribution is 6.35. The standard InChI is InChI=1S/C8H9ClN2O4/c1-3-15-8(14)5-4(9)6(7(12)13)11(2)10-5/h3H2,1-2H3,(H,12,13). The molecule has 7 heteroatoms. The fraction of sp³-hybridized carbons (Fsp3) is 0.375. The van der Waals surface area contributed by atoms with Gasteiger partial charge in [-0.2, -0.15) is 5.10 Å².